The third-order valence-corrected chi connectivity index (χ3v) is 4.82. The number of aromatic nitrogens is 3. The predicted molar refractivity (Wildman–Crippen MR) is 101 cm³/mol. The highest BCUT2D eigenvalue weighted by Gasteiger charge is 2.12. The Morgan fingerprint density at radius 1 is 1.28 bits per heavy atom. The average molecular weight is 399 g/mol. The summed E-state index contributed by atoms with van der Waals surface area (Å²) in [5.74, 6) is 0. The maximum Gasteiger partial charge on any atom is 0.275 e. The summed E-state index contributed by atoms with van der Waals surface area (Å²) in [4.78, 5) is 17.0. The van der Waals surface area contributed by atoms with Crippen LogP contribution in [0.5, 0.6) is 0 Å². The molecule has 0 amide bonds. The summed E-state index contributed by atoms with van der Waals surface area (Å²) in [7, 11) is 0. The molecule has 2 N–H and O–H groups in total. The van der Waals surface area contributed by atoms with Crippen molar-refractivity contribution in [1.82, 2.24) is 14.6 Å². The van der Waals surface area contributed by atoms with E-state index in [1.807, 2.05) is 6.92 Å². The van der Waals surface area contributed by atoms with Gasteiger partial charge in [0, 0.05) is 28.4 Å². The Morgan fingerprint density at radius 2 is 2.00 bits per heavy atom. The van der Waals surface area contributed by atoms with Crippen LogP contribution in [-0.2, 0) is 6.42 Å². The topological polar surface area (TPSA) is 79.5 Å². The van der Waals surface area contributed by atoms with Crippen molar-refractivity contribution in [2.75, 3.05) is 11.9 Å². The predicted octanol–water partition coefficient (Wildman–Crippen LogP) is 3.56. The van der Waals surface area contributed by atoms with Crippen LogP contribution in [0.25, 0.3) is 4.96 Å². The van der Waals surface area contributed by atoms with E-state index in [9.17, 15) is 9.90 Å². The number of anilines is 1. The summed E-state index contributed by atoms with van der Waals surface area (Å²) >= 11 is 13.2. The Hall–Kier alpha value is -1.67. The number of aryl methyl sites for hydroxylation is 1. The van der Waals surface area contributed by atoms with Crippen molar-refractivity contribution in [2.45, 2.75) is 25.9 Å². The highest BCUT2D eigenvalue weighted by molar-refractivity contribution is 7.20. The zero-order chi connectivity index (χ0) is 18.0. The minimum absolute atomic E-state index is 0.201. The maximum absolute atomic E-state index is 12.1. The molecule has 2 aromatic heterocycles. The lowest BCUT2D eigenvalue weighted by Crippen LogP contribution is -2.16. The van der Waals surface area contributed by atoms with E-state index in [0.717, 1.165) is 18.5 Å². The number of hydrogen-bond acceptors (Lipinski definition) is 6. The van der Waals surface area contributed by atoms with Crippen molar-refractivity contribution in [3.8, 4) is 0 Å². The number of nitrogens with zero attached hydrogens (tertiary/aromatic N) is 3. The molecule has 0 fully saturated rings. The first-order chi connectivity index (χ1) is 12.0. The van der Waals surface area contributed by atoms with Crippen LogP contribution in [0.3, 0.4) is 0 Å². The summed E-state index contributed by atoms with van der Waals surface area (Å²) in [6.07, 6.45) is 0.852. The lowest BCUT2D eigenvalue weighted by Gasteiger charge is -2.12. The maximum atomic E-state index is 12.1. The number of halogens is 2. The fourth-order valence-corrected chi connectivity index (χ4v) is 3.76. The van der Waals surface area contributed by atoms with Gasteiger partial charge in [-0.25, -0.2) is 4.98 Å². The minimum atomic E-state index is -0.816. The van der Waals surface area contributed by atoms with Crippen LogP contribution in [0, 0.1) is 0 Å². The lowest BCUT2D eigenvalue weighted by molar-refractivity contribution is 0.191. The van der Waals surface area contributed by atoms with E-state index in [-0.39, 0.29) is 12.1 Å². The molecular formula is C16H16Cl2N4O2S. The van der Waals surface area contributed by atoms with E-state index in [0.29, 0.717) is 25.7 Å². The van der Waals surface area contributed by atoms with Gasteiger partial charge in [0.2, 0.25) is 10.1 Å². The van der Waals surface area contributed by atoms with Gasteiger partial charge in [-0.3, -0.25) is 4.79 Å². The molecule has 3 aromatic rings. The monoisotopic (exact) mass is 398 g/mol. The molecule has 132 valence electrons. The zero-order valence-electron chi connectivity index (χ0n) is 13.4. The number of aliphatic hydroxyl groups is 1. The van der Waals surface area contributed by atoms with E-state index < -0.39 is 6.10 Å². The molecule has 0 spiro atoms. The van der Waals surface area contributed by atoms with E-state index in [2.05, 4.69) is 15.4 Å². The minimum Gasteiger partial charge on any atom is -0.387 e. The molecule has 0 saturated carbocycles. The van der Waals surface area contributed by atoms with Crippen LogP contribution in [0.15, 0.2) is 29.1 Å². The molecule has 1 unspecified atom stereocenters. The first-order valence-corrected chi connectivity index (χ1v) is 9.31. The molecule has 6 nitrogen and oxygen atoms in total. The smallest absolute Gasteiger partial charge is 0.275 e. The van der Waals surface area contributed by atoms with Crippen molar-refractivity contribution >= 4 is 44.6 Å². The van der Waals surface area contributed by atoms with Gasteiger partial charge in [0.15, 0.2) is 0 Å². The van der Waals surface area contributed by atoms with E-state index in [1.165, 1.54) is 21.9 Å². The fraction of sp³-hybridized carbons (Fsp3) is 0.312. The molecule has 0 radical (unpaired) electrons. The van der Waals surface area contributed by atoms with Gasteiger partial charge >= 0.3 is 0 Å². The van der Waals surface area contributed by atoms with Gasteiger partial charge in [0.05, 0.1) is 6.10 Å². The molecule has 1 atom stereocenters. The highest BCUT2D eigenvalue weighted by Crippen LogP contribution is 2.24. The molecule has 0 bridgehead atoms. The average Bonchev–Trinajstić information content (AvgIpc) is 2.95. The second-order valence-corrected chi connectivity index (χ2v) is 7.37. The van der Waals surface area contributed by atoms with Crippen LogP contribution >= 0.6 is 34.5 Å². The van der Waals surface area contributed by atoms with Crippen molar-refractivity contribution in [3.05, 3.63) is 55.9 Å². The van der Waals surface area contributed by atoms with Crippen LogP contribution in [0.2, 0.25) is 10.0 Å². The SMILES string of the molecule is CCCc1cc(=O)n2nc(NCC(O)c3cc(Cl)cc(Cl)c3)sc2n1. The number of benzene rings is 1. The van der Waals surface area contributed by atoms with Crippen LogP contribution in [0.1, 0.15) is 30.7 Å². The molecule has 1 aromatic carbocycles. The summed E-state index contributed by atoms with van der Waals surface area (Å²) in [5, 5.41) is 18.9. The third kappa shape index (κ3) is 4.30. The Morgan fingerprint density at radius 3 is 2.68 bits per heavy atom. The number of fused-ring (bicyclic) bond motifs is 1. The molecule has 0 aliphatic rings. The first-order valence-electron chi connectivity index (χ1n) is 7.74. The van der Waals surface area contributed by atoms with Crippen LogP contribution in [0.4, 0.5) is 5.13 Å². The van der Waals surface area contributed by atoms with Gasteiger partial charge in [-0.05, 0) is 30.2 Å². The Bertz CT molecular complexity index is 937. The summed E-state index contributed by atoms with van der Waals surface area (Å²) in [6.45, 7) is 2.24. The molecule has 25 heavy (non-hydrogen) atoms. The van der Waals surface area contributed by atoms with E-state index in [4.69, 9.17) is 23.2 Å². The van der Waals surface area contributed by atoms with Crippen molar-refractivity contribution in [1.29, 1.82) is 0 Å². The van der Waals surface area contributed by atoms with Crippen LogP contribution in [-0.4, -0.2) is 26.2 Å². The normalized spacial score (nSPS) is 12.5. The fourth-order valence-electron chi connectivity index (χ4n) is 2.38. The molecule has 0 saturated heterocycles. The van der Waals surface area contributed by atoms with E-state index in [1.54, 1.807) is 18.2 Å². The second kappa shape index (κ2) is 7.70. The largest absolute Gasteiger partial charge is 0.387 e. The Balaban J connectivity index is 1.76. The number of nitrogens with one attached hydrogen (secondary N) is 1. The standard InChI is InChI=1S/C16H16Cl2N4O2S/c1-2-3-12-7-14(24)22-16(20-12)25-15(21-22)19-8-13(23)9-4-10(17)6-11(18)5-9/h4-7,13,23H,2-3,8H2,1H3,(H,19,21). The molecule has 9 heteroatoms. The van der Waals surface area contributed by atoms with Crippen molar-refractivity contribution < 1.29 is 5.11 Å². The summed E-state index contributed by atoms with van der Waals surface area (Å²) < 4.78 is 1.26. The van der Waals surface area contributed by atoms with Gasteiger partial charge in [-0.2, -0.15) is 4.52 Å². The van der Waals surface area contributed by atoms with Crippen molar-refractivity contribution in [2.24, 2.45) is 0 Å². The van der Waals surface area contributed by atoms with Gasteiger partial charge in [-0.1, -0.05) is 47.9 Å². The number of rotatable bonds is 6. The van der Waals surface area contributed by atoms with Crippen molar-refractivity contribution in [3.63, 3.8) is 0 Å². The number of aliphatic hydroxyl groups excluding tert-OH is 1. The molecule has 0 aliphatic carbocycles. The second-order valence-electron chi connectivity index (χ2n) is 5.54. The molecule has 3 rings (SSSR count). The Labute approximate surface area is 158 Å². The lowest BCUT2D eigenvalue weighted by atomic mass is 10.1. The quantitative estimate of drug-likeness (QED) is 0.663. The molecular weight excluding hydrogens is 383 g/mol. The van der Waals surface area contributed by atoms with Gasteiger partial charge in [-0.15, -0.1) is 5.10 Å². The molecule has 0 aliphatic heterocycles. The first kappa shape index (κ1) is 18.1. The highest BCUT2D eigenvalue weighted by atomic mass is 35.5. The zero-order valence-corrected chi connectivity index (χ0v) is 15.7. The Kier molecular flexibility index (Phi) is 5.58. The van der Waals surface area contributed by atoms with E-state index >= 15 is 0 Å². The van der Waals surface area contributed by atoms with Gasteiger partial charge in [0.25, 0.3) is 5.56 Å². The van der Waals surface area contributed by atoms with Gasteiger partial charge in [0.1, 0.15) is 0 Å². The summed E-state index contributed by atoms with van der Waals surface area (Å²) in [6, 6.07) is 6.41. The number of hydrogen-bond donors (Lipinski definition) is 2. The summed E-state index contributed by atoms with van der Waals surface area (Å²) in [5.41, 5.74) is 1.16. The van der Waals surface area contributed by atoms with Gasteiger partial charge < -0.3 is 10.4 Å². The van der Waals surface area contributed by atoms with Crippen LogP contribution < -0.4 is 10.9 Å². The molecule has 2 heterocycles. The third-order valence-electron chi connectivity index (χ3n) is 3.52.